The standard InChI is InChI=1S/C12H13NO4/c1-17-12(16)13-7-6-9(11(14)15)8-4-2-3-5-10(8)13/h2-5,9H,6-7H2,1H3,(H,14,15). The van der Waals surface area contributed by atoms with Crippen molar-refractivity contribution in [3.05, 3.63) is 29.8 Å². The molecule has 1 atom stereocenters. The number of aliphatic carboxylic acids is 1. The average Bonchev–Trinajstić information content (AvgIpc) is 2.36. The molecule has 1 N–H and O–H groups in total. The molecule has 1 heterocycles. The molecule has 90 valence electrons. The third-order valence-corrected chi connectivity index (χ3v) is 2.94. The van der Waals surface area contributed by atoms with Crippen molar-refractivity contribution in [2.75, 3.05) is 18.6 Å². The zero-order valence-electron chi connectivity index (χ0n) is 9.42. The highest BCUT2D eigenvalue weighted by Gasteiger charge is 2.32. The van der Waals surface area contributed by atoms with Gasteiger partial charge in [0.15, 0.2) is 0 Å². The summed E-state index contributed by atoms with van der Waals surface area (Å²) in [6.07, 6.45) is -0.0529. The molecule has 1 amide bonds. The second-order valence-electron chi connectivity index (χ2n) is 3.86. The fourth-order valence-corrected chi connectivity index (χ4v) is 2.12. The van der Waals surface area contributed by atoms with E-state index in [0.29, 0.717) is 24.2 Å². The summed E-state index contributed by atoms with van der Waals surface area (Å²) in [5.41, 5.74) is 1.29. The molecule has 1 aromatic rings. The Morgan fingerprint density at radius 2 is 2.12 bits per heavy atom. The number of benzene rings is 1. The molecule has 5 nitrogen and oxygen atoms in total. The second-order valence-corrected chi connectivity index (χ2v) is 3.86. The zero-order valence-corrected chi connectivity index (χ0v) is 9.42. The van der Waals surface area contributed by atoms with Crippen LogP contribution in [-0.4, -0.2) is 30.8 Å². The third kappa shape index (κ3) is 1.95. The number of carbonyl (C=O) groups is 2. The van der Waals surface area contributed by atoms with Gasteiger partial charge in [-0.25, -0.2) is 4.79 Å². The van der Waals surface area contributed by atoms with Crippen LogP contribution in [0, 0.1) is 0 Å². The van der Waals surface area contributed by atoms with E-state index in [0.717, 1.165) is 0 Å². The van der Waals surface area contributed by atoms with Crippen LogP contribution in [0.4, 0.5) is 10.5 Å². The summed E-state index contributed by atoms with van der Waals surface area (Å²) >= 11 is 0. The topological polar surface area (TPSA) is 66.8 Å². The number of fused-ring (bicyclic) bond motifs is 1. The minimum Gasteiger partial charge on any atom is -0.481 e. The Balaban J connectivity index is 2.43. The summed E-state index contributed by atoms with van der Waals surface area (Å²) < 4.78 is 4.68. The van der Waals surface area contributed by atoms with Crippen molar-refractivity contribution in [3.63, 3.8) is 0 Å². The summed E-state index contributed by atoms with van der Waals surface area (Å²) in [7, 11) is 1.31. The van der Waals surface area contributed by atoms with Gasteiger partial charge in [0.25, 0.3) is 0 Å². The second kappa shape index (κ2) is 4.45. The number of carboxylic acids is 1. The molecular formula is C12H13NO4. The molecule has 0 aromatic heterocycles. The van der Waals surface area contributed by atoms with Gasteiger partial charge in [-0.2, -0.15) is 0 Å². The predicted octanol–water partition coefficient (Wildman–Crippen LogP) is 1.83. The first-order valence-electron chi connectivity index (χ1n) is 5.32. The molecule has 0 aliphatic carbocycles. The highest BCUT2D eigenvalue weighted by Crippen LogP contribution is 2.35. The molecule has 1 aromatic carbocycles. The average molecular weight is 235 g/mol. The molecule has 0 spiro atoms. The minimum absolute atomic E-state index is 0.362. The lowest BCUT2D eigenvalue weighted by molar-refractivity contribution is -0.139. The summed E-state index contributed by atoms with van der Waals surface area (Å²) in [6.45, 7) is 0.362. The first-order valence-corrected chi connectivity index (χ1v) is 5.32. The van der Waals surface area contributed by atoms with Gasteiger partial charge in [0.05, 0.1) is 18.7 Å². The number of carboxylic acid groups (broad SMARTS) is 1. The Hall–Kier alpha value is -2.04. The molecule has 17 heavy (non-hydrogen) atoms. The maximum absolute atomic E-state index is 11.6. The van der Waals surface area contributed by atoms with E-state index < -0.39 is 18.0 Å². The Kier molecular flexibility index (Phi) is 2.99. The molecule has 5 heteroatoms. The number of carbonyl (C=O) groups excluding carboxylic acids is 1. The number of anilines is 1. The quantitative estimate of drug-likeness (QED) is 0.806. The molecule has 0 bridgehead atoms. The molecule has 0 saturated heterocycles. The van der Waals surface area contributed by atoms with Gasteiger partial charge in [-0.3, -0.25) is 9.69 Å². The van der Waals surface area contributed by atoms with Crippen LogP contribution in [0.5, 0.6) is 0 Å². The van der Waals surface area contributed by atoms with Gasteiger partial charge in [0.1, 0.15) is 0 Å². The predicted molar refractivity (Wildman–Crippen MR) is 61.2 cm³/mol. The molecular weight excluding hydrogens is 222 g/mol. The van der Waals surface area contributed by atoms with Crippen molar-refractivity contribution in [1.29, 1.82) is 0 Å². The van der Waals surface area contributed by atoms with E-state index in [4.69, 9.17) is 5.11 Å². The van der Waals surface area contributed by atoms with E-state index in [9.17, 15) is 9.59 Å². The van der Waals surface area contributed by atoms with E-state index >= 15 is 0 Å². The van der Waals surface area contributed by atoms with Crippen molar-refractivity contribution in [2.24, 2.45) is 0 Å². The van der Waals surface area contributed by atoms with E-state index in [1.807, 2.05) is 0 Å². The zero-order chi connectivity index (χ0) is 12.4. The van der Waals surface area contributed by atoms with Gasteiger partial charge in [-0.1, -0.05) is 18.2 Å². The number of nitrogens with zero attached hydrogens (tertiary/aromatic N) is 1. The Morgan fingerprint density at radius 3 is 2.76 bits per heavy atom. The van der Waals surface area contributed by atoms with Gasteiger partial charge in [-0.15, -0.1) is 0 Å². The van der Waals surface area contributed by atoms with Crippen LogP contribution in [0.3, 0.4) is 0 Å². The number of hydrogen-bond acceptors (Lipinski definition) is 3. The van der Waals surface area contributed by atoms with Crippen molar-refractivity contribution < 1.29 is 19.4 Å². The number of hydrogen-bond donors (Lipinski definition) is 1. The SMILES string of the molecule is COC(=O)N1CCC(C(=O)O)c2ccccc21. The number of methoxy groups -OCH3 is 1. The number of rotatable bonds is 1. The van der Waals surface area contributed by atoms with Crippen molar-refractivity contribution in [1.82, 2.24) is 0 Å². The highest BCUT2D eigenvalue weighted by atomic mass is 16.5. The number of para-hydroxylation sites is 1. The van der Waals surface area contributed by atoms with Crippen LogP contribution in [-0.2, 0) is 9.53 Å². The van der Waals surface area contributed by atoms with Crippen LogP contribution < -0.4 is 4.90 Å². The number of amides is 1. The fraction of sp³-hybridized carbons (Fsp3) is 0.333. The van der Waals surface area contributed by atoms with Gasteiger partial charge < -0.3 is 9.84 Å². The summed E-state index contributed by atoms with van der Waals surface area (Å²) in [6, 6.07) is 7.03. The molecule has 0 fully saturated rings. The van der Waals surface area contributed by atoms with E-state index in [2.05, 4.69) is 4.74 Å². The lowest BCUT2D eigenvalue weighted by Crippen LogP contribution is -2.38. The smallest absolute Gasteiger partial charge is 0.414 e. The summed E-state index contributed by atoms with van der Waals surface area (Å²) in [5, 5.41) is 9.13. The molecule has 1 aliphatic rings. The van der Waals surface area contributed by atoms with Gasteiger partial charge in [-0.05, 0) is 18.1 Å². The lowest BCUT2D eigenvalue weighted by Gasteiger charge is -2.31. The van der Waals surface area contributed by atoms with Crippen molar-refractivity contribution in [3.8, 4) is 0 Å². The van der Waals surface area contributed by atoms with E-state index in [1.54, 1.807) is 24.3 Å². The van der Waals surface area contributed by atoms with Gasteiger partial charge >= 0.3 is 12.1 Å². The minimum atomic E-state index is -0.859. The normalized spacial score (nSPS) is 18.4. The van der Waals surface area contributed by atoms with Crippen LogP contribution in [0.2, 0.25) is 0 Å². The summed E-state index contributed by atoms with van der Waals surface area (Å²) in [5.74, 6) is -1.41. The van der Waals surface area contributed by atoms with Crippen LogP contribution in [0.15, 0.2) is 24.3 Å². The maximum Gasteiger partial charge on any atom is 0.414 e. The first kappa shape index (κ1) is 11.4. The van der Waals surface area contributed by atoms with E-state index in [1.165, 1.54) is 12.0 Å². The number of ether oxygens (including phenoxy) is 1. The van der Waals surface area contributed by atoms with E-state index in [-0.39, 0.29) is 0 Å². The molecule has 2 rings (SSSR count). The maximum atomic E-state index is 11.6. The van der Waals surface area contributed by atoms with Crippen molar-refractivity contribution >= 4 is 17.7 Å². The lowest BCUT2D eigenvalue weighted by atomic mass is 9.90. The molecule has 0 saturated carbocycles. The van der Waals surface area contributed by atoms with Gasteiger partial charge in [0, 0.05) is 6.54 Å². The third-order valence-electron chi connectivity index (χ3n) is 2.94. The van der Waals surface area contributed by atoms with Crippen LogP contribution in [0.1, 0.15) is 17.9 Å². The molecule has 1 aliphatic heterocycles. The Morgan fingerprint density at radius 1 is 1.41 bits per heavy atom. The summed E-state index contributed by atoms with van der Waals surface area (Å²) in [4.78, 5) is 24.2. The largest absolute Gasteiger partial charge is 0.481 e. The van der Waals surface area contributed by atoms with Crippen LogP contribution in [0.25, 0.3) is 0 Å². The van der Waals surface area contributed by atoms with Crippen LogP contribution >= 0.6 is 0 Å². The Bertz CT molecular complexity index is 458. The van der Waals surface area contributed by atoms with Crippen molar-refractivity contribution in [2.45, 2.75) is 12.3 Å². The fourth-order valence-electron chi connectivity index (χ4n) is 2.12. The van der Waals surface area contributed by atoms with Gasteiger partial charge in [0.2, 0.25) is 0 Å². The molecule has 0 radical (unpaired) electrons. The first-order chi connectivity index (χ1) is 8.15. The molecule has 1 unspecified atom stereocenters. The monoisotopic (exact) mass is 235 g/mol. The Labute approximate surface area is 98.6 Å². The highest BCUT2D eigenvalue weighted by molar-refractivity contribution is 5.92.